The quantitative estimate of drug-likeness (QED) is 0.781. The molecular formula is C13H18N4O2. The maximum absolute atomic E-state index is 11.5. The molecule has 0 aliphatic carbocycles. The molecule has 3 heterocycles. The summed E-state index contributed by atoms with van der Waals surface area (Å²) in [6.45, 7) is 3.05. The number of hydrogen-bond acceptors (Lipinski definition) is 6. The SMILES string of the molecule is COC(=O)c1nccc(N2CC3CCCNC3C2)n1. The van der Waals surface area contributed by atoms with Crippen LogP contribution in [0.15, 0.2) is 12.3 Å². The first-order valence-corrected chi connectivity index (χ1v) is 6.67. The molecule has 6 nitrogen and oxygen atoms in total. The Morgan fingerprint density at radius 3 is 3.21 bits per heavy atom. The Balaban J connectivity index is 1.77. The van der Waals surface area contributed by atoms with Crippen LogP contribution in [-0.4, -0.2) is 48.7 Å². The standard InChI is InChI=1S/C13H18N4O2/c1-19-13(18)12-15-6-4-11(16-12)17-7-9-3-2-5-14-10(9)8-17/h4,6,9-10,14H,2-3,5,7-8H2,1H3. The van der Waals surface area contributed by atoms with Crippen LogP contribution in [0.25, 0.3) is 0 Å². The van der Waals surface area contributed by atoms with Gasteiger partial charge in [-0.05, 0) is 31.4 Å². The van der Waals surface area contributed by atoms with Crippen molar-refractivity contribution in [2.45, 2.75) is 18.9 Å². The first kappa shape index (κ1) is 12.3. The molecule has 1 aromatic rings. The third kappa shape index (κ3) is 2.40. The Morgan fingerprint density at radius 2 is 2.42 bits per heavy atom. The van der Waals surface area contributed by atoms with Crippen molar-refractivity contribution in [3.63, 3.8) is 0 Å². The van der Waals surface area contributed by atoms with Crippen LogP contribution in [0.5, 0.6) is 0 Å². The molecule has 3 rings (SSSR count). The molecule has 0 saturated carbocycles. The lowest BCUT2D eigenvalue weighted by Crippen LogP contribution is -2.40. The van der Waals surface area contributed by atoms with Crippen molar-refractivity contribution in [1.29, 1.82) is 0 Å². The Kier molecular flexibility index (Phi) is 3.33. The minimum Gasteiger partial charge on any atom is -0.463 e. The van der Waals surface area contributed by atoms with Gasteiger partial charge in [-0.25, -0.2) is 14.8 Å². The highest BCUT2D eigenvalue weighted by Crippen LogP contribution is 2.27. The third-order valence-electron chi connectivity index (χ3n) is 3.93. The summed E-state index contributed by atoms with van der Waals surface area (Å²) < 4.78 is 4.65. The van der Waals surface area contributed by atoms with Crippen molar-refractivity contribution in [3.8, 4) is 0 Å². The number of hydrogen-bond donors (Lipinski definition) is 1. The lowest BCUT2D eigenvalue weighted by molar-refractivity contribution is 0.0587. The number of aromatic nitrogens is 2. The normalized spacial score (nSPS) is 26.1. The lowest BCUT2D eigenvalue weighted by Gasteiger charge is -2.24. The van der Waals surface area contributed by atoms with E-state index >= 15 is 0 Å². The Morgan fingerprint density at radius 1 is 1.53 bits per heavy atom. The van der Waals surface area contributed by atoms with E-state index in [1.165, 1.54) is 20.0 Å². The van der Waals surface area contributed by atoms with Crippen molar-refractivity contribution in [2.75, 3.05) is 31.6 Å². The molecule has 2 atom stereocenters. The van der Waals surface area contributed by atoms with Crippen LogP contribution >= 0.6 is 0 Å². The largest absolute Gasteiger partial charge is 0.463 e. The Bertz CT molecular complexity index is 465. The van der Waals surface area contributed by atoms with E-state index in [2.05, 4.69) is 24.9 Å². The minimum atomic E-state index is -0.489. The number of methoxy groups -OCH3 is 1. The number of esters is 1. The minimum absolute atomic E-state index is 0.128. The first-order valence-electron chi connectivity index (χ1n) is 6.67. The van der Waals surface area contributed by atoms with Gasteiger partial charge in [-0.3, -0.25) is 0 Å². The summed E-state index contributed by atoms with van der Waals surface area (Å²) in [4.78, 5) is 21.9. The number of piperidine rings is 1. The number of carbonyl (C=O) groups is 1. The molecule has 2 saturated heterocycles. The highest BCUT2D eigenvalue weighted by Gasteiger charge is 2.34. The number of nitrogens with zero attached hydrogens (tertiary/aromatic N) is 3. The Labute approximate surface area is 112 Å². The predicted octanol–water partition coefficient (Wildman–Crippen LogP) is 0.451. The highest BCUT2D eigenvalue weighted by molar-refractivity contribution is 5.85. The molecule has 0 amide bonds. The van der Waals surface area contributed by atoms with Gasteiger partial charge in [0.2, 0.25) is 5.82 Å². The molecule has 2 aliphatic heterocycles. The molecular weight excluding hydrogens is 244 g/mol. The molecule has 0 spiro atoms. The number of anilines is 1. The van der Waals surface area contributed by atoms with Gasteiger partial charge < -0.3 is 15.0 Å². The van der Waals surface area contributed by atoms with E-state index in [-0.39, 0.29) is 5.82 Å². The monoisotopic (exact) mass is 262 g/mol. The van der Waals surface area contributed by atoms with Gasteiger partial charge in [0, 0.05) is 25.3 Å². The van der Waals surface area contributed by atoms with Gasteiger partial charge in [-0.15, -0.1) is 0 Å². The average Bonchev–Trinajstić information content (AvgIpc) is 2.90. The first-order chi connectivity index (χ1) is 9.28. The van der Waals surface area contributed by atoms with Crippen LogP contribution in [-0.2, 0) is 4.74 Å². The van der Waals surface area contributed by atoms with Crippen molar-refractivity contribution < 1.29 is 9.53 Å². The molecule has 0 aromatic carbocycles. The van der Waals surface area contributed by atoms with Gasteiger partial charge in [-0.2, -0.15) is 0 Å². The second-order valence-electron chi connectivity index (χ2n) is 5.10. The molecule has 2 unspecified atom stereocenters. The fourth-order valence-corrected chi connectivity index (χ4v) is 2.95. The zero-order chi connectivity index (χ0) is 13.2. The topological polar surface area (TPSA) is 67.3 Å². The maximum atomic E-state index is 11.5. The fraction of sp³-hybridized carbons (Fsp3) is 0.615. The second-order valence-corrected chi connectivity index (χ2v) is 5.10. The Hall–Kier alpha value is -1.69. The van der Waals surface area contributed by atoms with E-state index in [4.69, 9.17) is 0 Å². The molecule has 1 N–H and O–H groups in total. The fourth-order valence-electron chi connectivity index (χ4n) is 2.95. The van der Waals surface area contributed by atoms with E-state index < -0.39 is 5.97 Å². The molecule has 1 aromatic heterocycles. The summed E-state index contributed by atoms with van der Waals surface area (Å²) in [5.41, 5.74) is 0. The van der Waals surface area contributed by atoms with Crippen molar-refractivity contribution in [3.05, 3.63) is 18.1 Å². The van der Waals surface area contributed by atoms with E-state index in [1.54, 1.807) is 6.20 Å². The van der Waals surface area contributed by atoms with Crippen LogP contribution < -0.4 is 10.2 Å². The van der Waals surface area contributed by atoms with Gasteiger partial charge in [0.05, 0.1) is 7.11 Å². The van der Waals surface area contributed by atoms with Crippen molar-refractivity contribution in [1.82, 2.24) is 15.3 Å². The highest BCUT2D eigenvalue weighted by atomic mass is 16.5. The smallest absolute Gasteiger partial charge is 0.376 e. The lowest BCUT2D eigenvalue weighted by atomic mass is 9.94. The summed E-state index contributed by atoms with van der Waals surface area (Å²) in [5.74, 6) is 1.14. The van der Waals surface area contributed by atoms with Gasteiger partial charge in [-0.1, -0.05) is 0 Å². The number of carbonyl (C=O) groups excluding carboxylic acids is 1. The maximum Gasteiger partial charge on any atom is 0.376 e. The second kappa shape index (κ2) is 5.13. The van der Waals surface area contributed by atoms with Gasteiger partial charge in [0.15, 0.2) is 0 Å². The molecule has 2 aliphatic rings. The van der Waals surface area contributed by atoms with E-state index in [0.717, 1.165) is 25.5 Å². The zero-order valence-electron chi connectivity index (χ0n) is 11.0. The summed E-state index contributed by atoms with van der Waals surface area (Å²) >= 11 is 0. The number of fused-ring (bicyclic) bond motifs is 1. The van der Waals surface area contributed by atoms with Crippen LogP contribution in [0.1, 0.15) is 23.5 Å². The molecule has 102 valence electrons. The number of ether oxygens (including phenoxy) is 1. The van der Waals surface area contributed by atoms with Crippen molar-refractivity contribution in [2.24, 2.45) is 5.92 Å². The molecule has 0 radical (unpaired) electrons. The van der Waals surface area contributed by atoms with Crippen molar-refractivity contribution >= 4 is 11.8 Å². The van der Waals surface area contributed by atoms with Gasteiger partial charge in [0.1, 0.15) is 5.82 Å². The molecule has 2 fully saturated rings. The van der Waals surface area contributed by atoms with E-state index in [9.17, 15) is 4.79 Å². The van der Waals surface area contributed by atoms with Crippen LogP contribution in [0.2, 0.25) is 0 Å². The third-order valence-corrected chi connectivity index (χ3v) is 3.93. The van der Waals surface area contributed by atoms with Crippen LogP contribution in [0.4, 0.5) is 5.82 Å². The van der Waals surface area contributed by atoms with Gasteiger partial charge >= 0.3 is 5.97 Å². The molecule has 6 heteroatoms. The molecule has 19 heavy (non-hydrogen) atoms. The summed E-state index contributed by atoms with van der Waals surface area (Å²) in [6.07, 6.45) is 4.12. The summed E-state index contributed by atoms with van der Waals surface area (Å²) in [6, 6.07) is 2.40. The van der Waals surface area contributed by atoms with Crippen LogP contribution in [0.3, 0.4) is 0 Å². The number of nitrogens with one attached hydrogen (secondary N) is 1. The average molecular weight is 262 g/mol. The van der Waals surface area contributed by atoms with E-state index in [0.29, 0.717) is 12.0 Å². The summed E-state index contributed by atoms with van der Waals surface area (Å²) in [7, 11) is 1.34. The van der Waals surface area contributed by atoms with Crippen LogP contribution in [0, 0.1) is 5.92 Å². The van der Waals surface area contributed by atoms with E-state index in [1.807, 2.05) is 6.07 Å². The number of rotatable bonds is 2. The summed E-state index contributed by atoms with van der Waals surface area (Å²) in [5, 5.41) is 3.55. The zero-order valence-corrected chi connectivity index (χ0v) is 11.0. The molecule has 0 bridgehead atoms. The van der Waals surface area contributed by atoms with Gasteiger partial charge in [0.25, 0.3) is 0 Å². The predicted molar refractivity (Wildman–Crippen MR) is 70.1 cm³/mol.